The smallest absolute Gasteiger partial charge is 0.271 e. The Labute approximate surface area is 800 Å². The number of Topliss-reactive ketones (excluding diaryl/α,β-unsaturated/α-hetero) is 1. The van der Waals surface area contributed by atoms with E-state index in [0.717, 1.165) is 110 Å². The molecule has 0 spiro atoms. The lowest BCUT2D eigenvalue weighted by atomic mass is 9.86. The molecule has 5 saturated heterocycles. The van der Waals surface area contributed by atoms with Gasteiger partial charge in [-0.05, 0) is 199 Å². The Hall–Kier alpha value is -13.4. The summed E-state index contributed by atoms with van der Waals surface area (Å²) in [4.78, 5) is 147. The van der Waals surface area contributed by atoms with Crippen LogP contribution in [0.3, 0.4) is 0 Å². The second-order valence-corrected chi connectivity index (χ2v) is 41.4. The summed E-state index contributed by atoms with van der Waals surface area (Å²) < 4.78 is 0.498. The Kier molecular flexibility index (Phi) is 33.1. The summed E-state index contributed by atoms with van der Waals surface area (Å²) in [5.74, 6) is 0.0334. The molecule has 10 aromatic rings. The molecule has 0 unspecified atom stereocenters. The van der Waals surface area contributed by atoms with Crippen LogP contribution in [0.5, 0.6) is 0 Å². The number of nitrogen functional groups attached to an aromatic ring is 1. The van der Waals surface area contributed by atoms with Crippen LogP contribution in [0, 0.1) is 0 Å². The number of nitrogens with zero attached hydrogens (tertiary/aromatic N) is 1. The van der Waals surface area contributed by atoms with Crippen LogP contribution in [-0.2, 0) is 57.5 Å². The Morgan fingerprint density at radius 3 is 0.793 bits per heavy atom. The van der Waals surface area contributed by atoms with Gasteiger partial charge in [0.25, 0.3) is 27.8 Å². The predicted molar refractivity (Wildman–Crippen MR) is 548 cm³/mol. The van der Waals surface area contributed by atoms with Gasteiger partial charge in [-0.25, -0.2) is 0 Å². The number of hydrogen-bond acceptors (Lipinski definition) is 13. The van der Waals surface area contributed by atoms with E-state index in [1.165, 1.54) is 34.7 Å². The lowest BCUT2D eigenvalue weighted by Crippen LogP contribution is -2.24. The van der Waals surface area contributed by atoms with Gasteiger partial charge in [0.1, 0.15) is 5.69 Å². The van der Waals surface area contributed by atoms with Gasteiger partial charge in [0, 0.05) is 138 Å². The maximum Gasteiger partial charge on any atom is 0.271 e. The topological polar surface area (TPSA) is 356 Å². The van der Waals surface area contributed by atoms with Crippen molar-refractivity contribution in [3.63, 3.8) is 0 Å². The zero-order valence-corrected chi connectivity index (χ0v) is 82.9. The summed E-state index contributed by atoms with van der Waals surface area (Å²) in [7, 11) is 3.69. The number of rotatable bonds is 18. The molecule has 10 heterocycles. The monoisotopic (exact) mass is 1890 g/mol. The number of hydrogen-bond donors (Lipinski definition) is 11. The van der Waals surface area contributed by atoms with E-state index < -0.39 is 5.56 Å². The fraction of sp³-hybridized carbons (Fsp3) is 0.360. The predicted octanol–water partition coefficient (Wildman–Crippen LogP) is 18.1. The minimum absolute atomic E-state index is 0.0100. The van der Waals surface area contributed by atoms with Crippen molar-refractivity contribution in [1.29, 1.82) is 0 Å². The maximum absolute atomic E-state index is 12.5. The summed E-state index contributed by atoms with van der Waals surface area (Å²) in [6.07, 6.45) is 17.3. The normalized spacial score (nSPS) is 17.8. The van der Waals surface area contributed by atoms with Crippen LogP contribution in [0.1, 0.15) is 282 Å². The molecular weight excluding hydrogens is 1760 g/mol. The number of anilines is 2. The lowest BCUT2D eigenvalue weighted by Gasteiger charge is -2.20. The number of ketones is 1. The molecular formula is C111H131BrN12O11. The third-order valence-corrected chi connectivity index (χ3v) is 25.2. The van der Waals surface area contributed by atoms with Crippen molar-refractivity contribution in [2.45, 2.75) is 246 Å². The van der Waals surface area contributed by atoms with Crippen molar-refractivity contribution >= 4 is 90.5 Å². The molecule has 135 heavy (non-hydrogen) atoms. The van der Waals surface area contributed by atoms with Crippen LogP contribution >= 0.6 is 15.9 Å². The van der Waals surface area contributed by atoms with E-state index in [4.69, 9.17) is 5.73 Å². The van der Waals surface area contributed by atoms with Crippen LogP contribution in [0.25, 0.3) is 27.9 Å². The third-order valence-electron chi connectivity index (χ3n) is 24.6. The van der Waals surface area contributed by atoms with Gasteiger partial charge in [-0.2, -0.15) is 0 Å². The zero-order valence-electron chi connectivity index (χ0n) is 81.3. The molecule has 708 valence electrons. The summed E-state index contributed by atoms with van der Waals surface area (Å²) >= 11 is 3.24. The molecule has 5 aromatic heterocycles. The number of amides is 5. The molecule has 0 radical (unpaired) electrons. The van der Waals surface area contributed by atoms with E-state index in [1.54, 1.807) is 35.2 Å². The second kappa shape index (κ2) is 43.8. The molecule has 15 rings (SSSR count). The fourth-order valence-corrected chi connectivity index (χ4v) is 16.6. The van der Waals surface area contributed by atoms with Crippen molar-refractivity contribution in [3.8, 4) is 0 Å². The number of nitrogens with one attached hydrogen (secondary N) is 10. The van der Waals surface area contributed by atoms with Crippen molar-refractivity contribution in [2.24, 2.45) is 0 Å². The first-order valence-corrected chi connectivity index (χ1v) is 47.2. The van der Waals surface area contributed by atoms with Crippen LogP contribution < -0.4 is 65.0 Å². The number of benzene rings is 5. The number of halogens is 1. The Bertz CT molecular complexity index is 6330. The van der Waals surface area contributed by atoms with Crippen LogP contribution in [0.2, 0.25) is 0 Å². The van der Waals surface area contributed by atoms with E-state index in [9.17, 15) is 52.7 Å². The number of aromatic nitrogens is 5. The molecule has 5 aliphatic rings. The van der Waals surface area contributed by atoms with Crippen molar-refractivity contribution in [3.05, 3.63) is 364 Å². The van der Waals surface area contributed by atoms with E-state index in [0.29, 0.717) is 60.1 Å². The van der Waals surface area contributed by atoms with E-state index in [-0.39, 0.29) is 126 Å². The largest absolute Gasteiger partial charge is 0.394 e. The zero-order chi connectivity index (χ0) is 98.3. The highest BCUT2D eigenvalue weighted by Gasteiger charge is 2.29. The average molecular weight is 1890 g/mol. The first-order valence-electron chi connectivity index (χ1n) is 46.4. The average Bonchev–Trinajstić information content (AvgIpc) is 1.68. The minimum Gasteiger partial charge on any atom is -0.394 e. The Balaban J connectivity index is 0.000000162. The number of carbonyl (C=O) groups excluding carboxylic acids is 6. The maximum atomic E-state index is 12.5. The number of aromatic amines is 5. The molecule has 23 nitrogen and oxygen atoms in total. The van der Waals surface area contributed by atoms with Gasteiger partial charge in [0.15, 0.2) is 5.78 Å². The summed E-state index contributed by atoms with van der Waals surface area (Å²) in [6, 6.07) is 59.6. The quantitative estimate of drug-likeness (QED) is 0.0356. The van der Waals surface area contributed by atoms with Crippen molar-refractivity contribution in [2.75, 3.05) is 24.7 Å². The number of nitrogens with two attached hydrogens (primary N) is 1. The highest BCUT2D eigenvalue weighted by atomic mass is 79.9. The molecule has 12 N–H and O–H groups in total. The summed E-state index contributed by atoms with van der Waals surface area (Å²) in [5.41, 5.74) is 25.9. The molecule has 5 atom stereocenters. The van der Waals surface area contributed by atoms with Gasteiger partial charge in [0.05, 0.1) is 15.7 Å². The first-order chi connectivity index (χ1) is 63.5. The van der Waals surface area contributed by atoms with Crippen LogP contribution in [0.4, 0.5) is 11.4 Å². The van der Waals surface area contributed by atoms with Gasteiger partial charge in [-0.15, -0.1) is 0 Å². The number of pyridine rings is 5. The number of carbonyl (C=O) groups is 6. The molecule has 0 saturated carbocycles. The lowest BCUT2D eigenvalue weighted by molar-refractivity contribution is -0.120. The summed E-state index contributed by atoms with van der Waals surface area (Å²) in [5, 5.41) is 14.8. The first kappa shape index (κ1) is 102. The number of aryl methyl sites for hydroxylation is 1. The molecule has 0 bridgehead atoms. The Morgan fingerprint density at radius 1 is 0.326 bits per heavy atom. The SMILES string of the molecule is CC(=O)c1ccc(/C(=C/[C@H]2CCC(=O)N2)c2ccc(C(C)(C)C)cc2)[nH]c1=O.CC(C)(C)c1ccc(/C(=C\[C@H]2CCC(=O)N2)c2ccc(Br)c(=O)[nH]2)cc1.CC(C)(C)c1ccc(/C(=C\[C@H]2CCC(=O)N2)c2ccc(N)c(=O)[nH]2)cc1.CCc1ccc(/C(=C/[C@H]2CCC(=O)N2)c2ccc(C(C)(C)C)cc2)[nH]c1=O.CN(C)c1ccc(/C(=C/[C@H]2CCC(=O)N2)c2ccc(C(C)(C)C)cc2)[nH]c1=O. The van der Waals surface area contributed by atoms with E-state index in [2.05, 4.69) is 293 Å². The van der Waals surface area contributed by atoms with Gasteiger partial charge < -0.3 is 62.1 Å². The fourth-order valence-electron chi connectivity index (χ4n) is 16.4. The molecule has 5 fully saturated rings. The van der Waals surface area contributed by atoms with Crippen LogP contribution in [-0.4, -0.2) is 105 Å². The summed E-state index contributed by atoms with van der Waals surface area (Å²) in [6.45, 7) is 36.0. The van der Waals surface area contributed by atoms with Crippen LogP contribution in [0.15, 0.2) is 241 Å². The van der Waals surface area contributed by atoms with Gasteiger partial charge >= 0.3 is 0 Å². The van der Waals surface area contributed by atoms with Crippen molar-refractivity contribution < 1.29 is 28.8 Å². The van der Waals surface area contributed by atoms with Gasteiger partial charge in [-0.1, -0.05) is 269 Å². The highest BCUT2D eigenvalue weighted by molar-refractivity contribution is 9.10. The Morgan fingerprint density at radius 2 is 0.570 bits per heavy atom. The van der Waals surface area contributed by atoms with E-state index >= 15 is 0 Å². The molecule has 5 aromatic carbocycles. The van der Waals surface area contributed by atoms with Crippen molar-refractivity contribution in [1.82, 2.24) is 51.5 Å². The second-order valence-electron chi connectivity index (χ2n) is 40.5. The molecule has 24 heteroatoms. The third kappa shape index (κ3) is 27.9. The highest BCUT2D eigenvalue weighted by Crippen LogP contribution is 2.36. The van der Waals surface area contributed by atoms with Gasteiger partial charge in [0.2, 0.25) is 29.5 Å². The molecule has 5 aliphatic heterocycles. The molecule has 0 aliphatic carbocycles. The number of H-pyrrole nitrogens is 5. The standard InChI is InChI=1S/C23H29N3O2.C23H26N2O3.C23H28N2O2.C21H23BrN2O2.C21H25N3O2/c1-23(2,3)16-8-6-15(7-9-16)18(14-17-10-13-21(27)24-17)19-11-12-20(26(4)5)22(28)25-19;1-14(26)18-10-11-20(25-22(18)28)19(13-17-9-12-21(27)24-17)15-5-7-16(8-6-15)23(2,3)4;1-5-15-8-12-20(25-22(15)27)19(14-18-11-13-21(26)24-18)16-6-9-17(10-7-16)23(2,3)4;2*1-21(2,3)14-6-4-13(5-7-14)16(12-15-8-11-19(25)23-15)18-10-9-17(22)20(26)24-18/h6-9,11-12,14,17H,10,13H2,1-5H3,(H,24,27)(H,25,28);5-8,10-11,13,17H,9,12H2,1-4H3,(H,24,27)(H,25,28);6-10,12,14,18H,5,11,13H2,1-4H3,(H,24,26)(H,25,27);4-7,9-10,12,15H,8,11H2,1-3H3,(H,23,25)(H,24,26);4-7,9-10,12,15H,8,11,22H2,1-3H3,(H,23,25)(H,24,26)/b18-14+;19-13+;19-14+;2*16-12+/t2*17-;18-;2*15-/m11111/s1. The minimum atomic E-state index is -0.405. The molecule has 5 amide bonds. The van der Waals surface area contributed by atoms with Gasteiger partial charge in [-0.3, -0.25) is 52.7 Å². The van der Waals surface area contributed by atoms with E-state index in [1.807, 2.05) is 81.7 Å².